The highest BCUT2D eigenvalue weighted by molar-refractivity contribution is 5.83. The lowest BCUT2D eigenvalue weighted by molar-refractivity contribution is -0.143. The number of furan rings is 1. The standard InChI is InChI=1S/C12H15N5O4/c1-7(2)10(12(19)20)13-9(18)6-17-15-11(14-16-17)8-4-3-5-21-8/h3-5,7,10H,6H2,1-2H3,(H,13,18)(H,19,20)/t10-/m1/s1. The Hall–Kier alpha value is -2.71. The summed E-state index contributed by atoms with van der Waals surface area (Å²) in [5.41, 5.74) is 0. The zero-order valence-corrected chi connectivity index (χ0v) is 11.6. The molecule has 9 heteroatoms. The van der Waals surface area contributed by atoms with E-state index in [1.54, 1.807) is 26.0 Å². The van der Waals surface area contributed by atoms with Crippen LogP contribution in [0, 0.1) is 5.92 Å². The number of tetrazole rings is 1. The van der Waals surface area contributed by atoms with Crippen molar-refractivity contribution in [3.63, 3.8) is 0 Å². The molecule has 2 heterocycles. The molecule has 0 aromatic carbocycles. The summed E-state index contributed by atoms with van der Waals surface area (Å²) in [6, 6.07) is 2.40. The molecule has 0 aliphatic carbocycles. The molecule has 0 radical (unpaired) electrons. The number of aromatic nitrogens is 4. The Morgan fingerprint density at radius 3 is 2.81 bits per heavy atom. The van der Waals surface area contributed by atoms with Crippen LogP contribution in [0.1, 0.15) is 13.8 Å². The lowest BCUT2D eigenvalue weighted by Crippen LogP contribution is -2.45. The van der Waals surface area contributed by atoms with E-state index in [0.29, 0.717) is 5.76 Å². The van der Waals surface area contributed by atoms with Crippen LogP contribution in [0.5, 0.6) is 0 Å². The largest absolute Gasteiger partial charge is 0.480 e. The summed E-state index contributed by atoms with van der Waals surface area (Å²) in [7, 11) is 0. The van der Waals surface area contributed by atoms with Crippen LogP contribution < -0.4 is 5.32 Å². The van der Waals surface area contributed by atoms with Gasteiger partial charge in [-0.2, -0.15) is 4.80 Å². The molecule has 0 aliphatic heterocycles. The Bertz CT molecular complexity index is 619. The topological polar surface area (TPSA) is 123 Å². The van der Waals surface area contributed by atoms with Crippen molar-refractivity contribution >= 4 is 11.9 Å². The molecular formula is C12H15N5O4. The summed E-state index contributed by atoms with van der Waals surface area (Å²) in [6.45, 7) is 3.20. The molecule has 0 saturated heterocycles. The van der Waals surface area contributed by atoms with E-state index < -0.39 is 17.9 Å². The predicted octanol–water partition coefficient (Wildman–Crippen LogP) is 0.158. The number of carboxylic acids is 1. The lowest BCUT2D eigenvalue weighted by atomic mass is 10.1. The second-order valence-electron chi connectivity index (χ2n) is 4.75. The monoisotopic (exact) mass is 293 g/mol. The van der Waals surface area contributed by atoms with E-state index in [-0.39, 0.29) is 18.3 Å². The average molecular weight is 293 g/mol. The smallest absolute Gasteiger partial charge is 0.326 e. The minimum Gasteiger partial charge on any atom is -0.480 e. The van der Waals surface area contributed by atoms with E-state index in [4.69, 9.17) is 9.52 Å². The van der Waals surface area contributed by atoms with Crippen LogP contribution in [0.4, 0.5) is 0 Å². The summed E-state index contributed by atoms with van der Waals surface area (Å²) in [6.07, 6.45) is 1.48. The van der Waals surface area contributed by atoms with Crippen molar-refractivity contribution < 1.29 is 19.1 Å². The molecule has 21 heavy (non-hydrogen) atoms. The zero-order valence-electron chi connectivity index (χ0n) is 11.6. The quantitative estimate of drug-likeness (QED) is 0.777. The summed E-state index contributed by atoms with van der Waals surface area (Å²) < 4.78 is 5.11. The van der Waals surface area contributed by atoms with E-state index in [9.17, 15) is 9.59 Å². The van der Waals surface area contributed by atoms with Gasteiger partial charge in [0.2, 0.25) is 11.7 Å². The fourth-order valence-corrected chi connectivity index (χ4v) is 1.68. The number of carbonyl (C=O) groups is 2. The number of hydrogen-bond donors (Lipinski definition) is 2. The van der Waals surface area contributed by atoms with E-state index in [1.807, 2.05) is 0 Å². The van der Waals surface area contributed by atoms with Crippen LogP contribution in [-0.4, -0.2) is 43.2 Å². The lowest BCUT2D eigenvalue weighted by Gasteiger charge is -2.17. The molecule has 2 aromatic rings. The van der Waals surface area contributed by atoms with Gasteiger partial charge in [-0.05, 0) is 23.3 Å². The average Bonchev–Trinajstić information content (AvgIpc) is 3.05. The van der Waals surface area contributed by atoms with E-state index >= 15 is 0 Å². The Morgan fingerprint density at radius 2 is 2.24 bits per heavy atom. The Kier molecular flexibility index (Phi) is 4.31. The van der Waals surface area contributed by atoms with Crippen molar-refractivity contribution in [2.75, 3.05) is 0 Å². The Balaban J connectivity index is 1.98. The summed E-state index contributed by atoms with van der Waals surface area (Å²) in [4.78, 5) is 23.9. The minimum absolute atomic E-state index is 0.218. The highest BCUT2D eigenvalue weighted by atomic mass is 16.4. The maximum atomic E-state index is 11.8. The first-order valence-corrected chi connectivity index (χ1v) is 6.31. The van der Waals surface area contributed by atoms with Gasteiger partial charge in [0.25, 0.3) is 0 Å². The van der Waals surface area contributed by atoms with Gasteiger partial charge in [-0.3, -0.25) is 4.79 Å². The van der Waals surface area contributed by atoms with Crippen LogP contribution in [-0.2, 0) is 16.1 Å². The number of carboxylic acid groups (broad SMARTS) is 1. The summed E-state index contributed by atoms with van der Waals surface area (Å²) >= 11 is 0. The molecule has 2 rings (SSSR count). The van der Waals surface area contributed by atoms with Crippen molar-refractivity contribution in [1.82, 2.24) is 25.5 Å². The normalized spacial score (nSPS) is 12.3. The minimum atomic E-state index is -1.08. The highest BCUT2D eigenvalue weighted by Gasteiger charge is 2.23. The second-order valence-corrected chi connectivity index (χ2v) is 4.75. The first kappa shape index (κ1) is 14.7. The molecule has 2 aromatic heterocycles. The SMILES string of the molecule is CC(C)[C@@H](NC(=O)Cn1nnc(-c2ccco2)n1)C(=O)O. The second kappa shape index (κ2) is 6.16. The first-order chi connectivity index (χ1) is 9.97. The number of amides is 1. The number of carbonyl (C=O) groups excluding carboxylic acids is 1. The fraction of sp³-hybridized carbons (Fsp3) is 0.417. The van der Waals surface area contributed by atoms with Crippen LogP contribution in [0.2, 0.25) is 0 Å². The van der Waals surface area contributed by atoms with Crippen molar-refractivity contribution in [1.29, 1.82) is 0 Å². The molecule has 0 fully saturated rings. The number of rotatable bonds is 6. The molecule has 112 valence electrons. The molecule has 1 amide bonds. The van der Waals surface area contributed by atoms with Crippen molar-refractivity contribution in [3.05, 3.63) is 18.4 Å². The number of hydrogen-bond acceptors (Lipinski definition) is 6. The van der Waals surface area contributed by atoms with Crippen LogP contribution in [0.15, 0.2) is 22.8 Å². The number of nitrogens with zero attached hydrogens (tertiary/aromatic N) is 4. The van der Waals surface area contributed by atoms with Crippen molar-refractivity contribution in [2.24, 2.45) is 5.92 Å². The third kappa shape index (κ3) is 3.65. The van der Waals surface area contributed by atoms with Gasteiger partial charge in [-0.15, -0.1) is 10.2 Å². The van der Waals surface area contributed by atoms with Crippen LogP contribution >= 0.6 is 0 Å². The summed E-state index contributed by atoms with van der Waals surface area (Å²) in [5, 5.41) is 22.9. The third-order valence-electron chi connectivity index (χ3n) is 2.73. The molecule has 0 aliphatic rings. The van der Waals surface area contributed by atoms with Gasteiger partial charge in [0, 0.05) is 0 Å². The predicted molar refractivity (Wildman–Crippen MR) is 69.9 cm³/mol. The zero-order chi connectivity index (χ0) is 15.4. The number of nitrogens with one attached hydrogen (secondary N) is 1. The van der Waals surface area contributed by atoms with Gasteiger partial charge in [0.15, 0.2) is 5.76 Å². The van der Waals surface area contributed by atoms with E-state index in [0.717, 1.165) is 4.80 Å². The molecule has 0 saturated carbocycles. The molecule has 0 bridgehead atoms. The van der Waals surface area contributed by atoms with E-state index in [2.05, 4.69) is 20.7 Å². The van der Waals surface area contributed by atoms with Gasteiger partial charge in [-0.1, -0.05) is 13.8 Å². The maximum absolute atomic E-state index is 11.8. The molecule has 9 nitrogen and oxygen atoms in total. The molecule has 1 atom stereocenters. The maximum Gasteiger partial charge on any atom is 0.326 e. The van der Waals surface area contributed by atoms with Gasteiger partial charge >= 0.3 is 5.97 Å². The molecule has 2 N–H and O–H groups in total. The fourth-order valence-electron chi connectivity index (χ4n) is 1.68. The van der Waals surface area contributed by atoms with E-state index in [1.165, 1.54) is 6.26 Å². The molecular weight excluding hydrogens is 278 g/mol. The van der Waals surface area contributed by atoms with Crippen LogP contribution in [0.25, 0.3) is 11.6 Å². The van der Waals surface area contributed by atoms with Crippen molar-refractivity contribution in [2.45, 2.75) is 26.4 Å². The first-order valence-electron chi connectivity index (χ1n) is 6.31. The van der Waals surface area contributed by atoms with Crippen LogP contribution in [0.3, 0.4) is 0 Å². The Morgan fingerprint density at radius 1 is 1.48 bits per heavy atom. The third-order valence-corrected chi connectivity index (χ3v) is 2.73. The molecule has 0 spiro atoms. The van der Waals surface area contributed by atoms with Gasteiger partial charge < -0.3 is 14.8 Å². The highest BCUT2D eigenvalue weighted by Crippen LogP contribution is 2.12. The van der Waals surface area contributed by atoms with Gasteiger partial charge in [0.05, 0.1) is 6.26 Å². The van der Waals surface area contributed by atoms with Crippen molar-refractivity contribution in [3.8, 4) is 11.6 Å². The Labute approximate surface area is 119 Å². The summed E-state index contributed by atoms with van der Waals surface area (Å²) in [5.74, 6) is -1.12. The van der Waals surface area contributed by atoms with Gasteiger partial charge in [0.1, 0.15) is 12.6 Å². The number of aliphatic carboxylic acids is 1. The molecule has 0 unspecified atom stereocenters. The van der Waals surface area contributed by atoms with Gasteiger partial charge in [-0.25, -0.2) is 4.79 Å².